The number of nitrogens with zero attached hydrogens (tertiary/aromatic N) is 2. The molecule has 1 unspecified atom stereocenters. The van der Waals surface area contributed by atoms with Gasteiger partial charge < -0.3 is 9.84 Å². The fraction of sp³-hybridized carbons (Fsp3) is 0.416. The third-order valence-electron chi connectivity index (χ3n) is 24.0. The highest BCUT2D eigenvalue weighted by Gasteiger charge is 2.55. The molecule has 576 valence electrons. The van der Waals surface area contributed by atoms with Crippen molar-refractivity contribution in [3.8, 4) is 58.0 Å². The molecule has 7 aromatic carbocycles. The van der Waals surface area contributed by atoms with Crippen LogP contribution in [0.3, 0.4) is 0 Å². The van der Waals surface area contributed by atoms with E-state index in [1.807, 2.05) is 22.7 Å². The minimum Gasteiger partial charge on any atom is -0.493 e. The summed E-state index contributed by atoms with van der Waals surface area (Å²) in [5.41, 5.74) is 20.9. The smallest absolute Gasteiger partial charge is 0.335 e. The minimum atomic E-state index is -0.954. The van der Waals surface area contributed by atoms with E-state index in [1.165, 1.54) is 298 Å². The summed E-state index contributed by atoms with van der Waals surface area (Å²) in [5, 5.41) is 9.64. The van der Waals surface area contributed by atoms with Crippen LogP contribution in [0.4, 0.5) is 0 Å². The van der Waals surface area contributed by atoms with Crippen molar-refractivity contribution in [3.05, 3.63) is 253 Å². The lowest BCUT2D eigenvalue weighted by Crippen LogP contribution is -2.29. The van der Waals surface area contributed by atoms with Gasteiger partial charge in [0.2, 0.25) is 0 Å². The van der Waals surface area contributed by atoms with Crippen LogP contribution in [0.5, 0.6) is 5.75 Å². The molecule has 0 spiro atoms. The Morgan fingerprint density at radius 3 is 1.24 bits per heavy atom. The van der Waals surface area contributed by atoms with E-state index < -0.39 is 16.8 Å². The van der Waals surface area contributed by atoms with Crippen LogP contribution < -0.4 is 4.74 Å². The van der Waals surface area contributed by atoms with Crippen LogP contribution in [0.2, 0.25) is 0 Å². The Morgan fingerprint density at radius 1 is 0.405 bits per heavy atom. The number of carboxylic acids is 1. The van der Waals surface area contributed by atoms with Gasteiger partial charge in [-0.2, -0.15) is 8.75 Å². The Bertz CT molecular complexity index is 4960. The maximum Gasteiger partial charge on any atom is 0.335 e. The summed E-state index contributed by atoms with van der Waals surface area (Å²) in [6.07, 6.45) is 39.7. The second kappa shape index (κ2) is 38.4. The number of aromatic nitrogens is 2. The molecule has 1 N–H and O–H groups in total. The van der Waals surface area contributed by atoms with E-state index in [2.05, 4.69) is 222 Å². The second-order valence-corrected chi connectivity index (χ2v) is 36.5. The molecular formula is C101H114N2O3S5. The molecule has 2 aliphatic rings. The Kier molecular flexibility index (Phi) is 27.6. The van der Waals surface area contributed by atoms with Gasteiger partial charge in [0, 0.05) is 32.0 Å². The summed E-state index contributed by atoms with van der Waals surface area (Å²) in [7, 11) is 0. The number of aryl methyl sites for hydroxylation is 4. The summed E-state index contributed by atoms with van der Waals surface area (Å²) < 4.78 is 19.7. The van der Waals surface area contributed by atoms with Crippen LogP contribution in [-0.2, 0) is 36.5 Å². The van der Waals surface area contributed by atoms with Crippen molar-refractivity contribution in [1.29, 1.82) is 0 Å². The van der Waals surface area contributed by atoms with E-state index >= 15 is 0 Å². The molecule has 5 aromatic heterocycles. The van der Waals surface area contributed by atoms with Crippen molar-refractivity contribution in [1.82, 2.24) is 8.75 Å². The first-order valence-electron chi connectivity index (χ1n) is 42.7. The average Bonchev–Trinajstić information content (AvgIpc) is 1.48. The normalized spacial score (nSPS) is 13.4. The van der Waals surface area contributed by atoms with E-state index in [0.29, 0.717) is 5.92 Å². The predicted molar refractivity (Wildman–Crippen MR) is 478 cm³/mol. The molecule has 111 heavy (non-hydrogen) atoms. The lowest BCUT2D eigenvalue weighted by molar-refractivity contribution is 0.0696. The molecule has 10 heteroatoms. The van der Waals surface area contributed by atoms with Crippen molar-refractivity contribution in [2.24, 2.45) is 5.92 Å². The van der Waals surface area contributed by atoms with Gasteiger partial charge in [0.1, 0.15) is 16.8 Å². The molecule has 0 radical (unpaired) electrons. The van der Waals surface area contributed by atoms with Crippen molar-refractivity contribution in [3.63, 3.8) is 0 Å². The van der Waals surface area contributed by atoms with Gasteiger partial charge in [-0.15, -0.1) is 45.3 Å². The number of hydrogen-bond acceptors (Lipinski definition) is 9. The molecule has 1 atom stereocenters. The number of hydrogen-bond donors (Lipinski definition) is 1. The Morgan fingerprint density at radius 2 is 0.802 bits per heavy atom. The zero-order valence-electron chi connectivity index (χ0n) is 66.8. The van der Waals surface area contributed by atoms with E-state index in [-0.39, 0.29) is 5.56 Å². The Labute approximate surface area is 683 Å². The van der Waals surface area contributed by atoms with E-state index in [4.69, 9.17) is 13.5 Å². The van der Waals surface area contributed by atoms with Crippen molar-refractivity contribution >= 4 is 83.5 Å². The zero-order valence-corrected chi connectivity index (χ0v) is 70.9. The molecule has 0 amide bonds. The maximum atomic E-state index is 11.8. The Hall–Kier alpha value is -7.75. The van der Waals surface area contributed by atoms with Gasteiger partial charge in [-0.1, -0.05) is 292 Å². The summed E-state index contributed by atoms with van der Waals surface area (Å²) >= 11 is 9.27. The standard InChI is InChI=1S/C101H114N2O3S5/c1-7-13-19-25-26-32-38-75(37-31-24-18-12-6)69-106-83-64-53-76(54-65-83)87-67-85-93(107-87)95-89(100(85,79-56-42-70(43-57-79)33-27-20-14-8-2)80-58-44-71(45-59-80)34-28-21-15-9-3)97-98(109-95)90-96(110-97)94-86(68-88(108-94)84-66-55-77(91-92(84)103-111-102-91)50-39-74-40-51-78(52-41-74)99(104)105)101(90,81-60-46-72(47-61-81)35-29-22-16-10-4)82-62-48-73(49-63-82)36-30-23-17-11-5/h40-49,51-68,75H,7-38,69H2,1-6H3,(H,104,105). The van der Waals surface area contributed by atoms with Gasteiger partial charge in [0.15, 0.2) is 0 Å². The van der Waals surface area contributed by atoms with Crippen molar-refractivity contribution < 1.29 is 14.6 Å². The molecule has 2 aliphatic carbocycles. The topological polar surface area (TPSA) is 72.3 Å². The van der Waals surface area contributed by atoms with Crippen molar-refractivity contribution in [2.75, 3.05) is 6.61 Å². The van der Waals surface area contributed by atoms with E-state index in [9.17, 15) is 9.90 Å². The van der Waals surface area contributed by atoms with Crippen molar-refractivity contribution in [2.45, 2.75) is 258 Å². The highest BCUT2D eigenvalue weighted by molar-refractivity contribution is 7.35. The fourth-order valence-electron chi connectivity index (χ4n) is 17.7. The zero-order chi connectivity index (χ0) is 76.5. The number of ether oxygens (including phenoxy) is 1. The number of rotatable bonds is 42. The SMILES string of the molecule is CCCCCCCCC(CCCCCC)COc1ccc(-c2cc3c(s2)-c2sc4c5c(sc4c2C3(c2ccc(CCCCCC)cc2)c2ccc(CCCCCC)cc2)-c2sc(-c3ccc(C#Cc4ccc(C(=O)O)cc4)c4nsnc34)cc2C5(c2ccc(CCCCCC)cc2)c2ccc(CCCCCC)cc2)cc1. The van der Waals surface area contributed by atoms with Crippen LogP contribution in [0.1, 0.15) is 310 Å². The van der Waals surface area contributed by atoms with E-state index in [1.54, 1.807) is 24.3 Å². The largest absolute Gasteiger partial charge is 0.493 e. The fourth-order valence-corrected chi connectivity index (χ4v) is 24.2. The maximum absolute atomic E-state index is 11.8. The van der Waals surface area contributed by atoms with Gasteiger partial charge in [0.05, 0.1) is 69.2 Å². The molecule has 5 heterocycles. The van der Waals surface area contributed by atoms with E-state index in [0.717, 1.165) is 70.6 Å². The highest BCUT2D eigenvalue weighted by Crippen LogP contribution is 2.71. The van der Waals surface area contributed by atoms with Gasteiger partial charge in [-0.05, 0) is 204 Å². The number of carbonyl (C=O) groups is 1. The number of thiophene rings is 4. The Balaban J connectivity index is 0.959. The van der Waals surface area contributed by atoms with Crippen LogP contribution in [0, 0.1) is 17.8 Å². The molecule has 5 nitrogen and oxygen atoms in total. The predicted octanol–water partition coefficient (Wildman–Crippen LogP) is 30.5. The number of benzene rings is 7. The van der Waals surface area contributed by atoms with Gasteiger partial charge in [-0.25, -0.2) is 4.79 Å². The molecular weight excluding hydrogens is 1450 g/mol. The number of aromatic carboxylic acids is 1. The summed E-state index contributed by atoms with van der Waals surface area (Å²) in [5.74, 6) is 7.33. The molecule has 0 aliphatic heterocycles. The van der Waals surface area contributed by atoms with Crippen LogP contribution in [0.15, 0.2) is 170 Å². The summed E-state index contributed by atoms with van der Waals surface area (Å²) in [6, 6.07) is 65.5. The lowest BCUT2D eigenvalue weighted by atomic mass is 9.67. The number of carboxylic acid groups (broad SMARTS) is 1. The lowest BCUT2D eigenvalue weighted by Gasteiger charge is -2.34. The first-order chi connectivity index (χ1) is 54.6. The molecule has 0 saturated heterocycles. The molecule has 14 rings (SSSR count). The van der Waals surface area contributed by atoms with Crippen LogP contribution >= 0.6 is 57.1 Å². The highest BCUT2D eigenvalue weighted by atomic mass is 32.1. The second-order valence-electron chi connectivity index (χ2n) is 31.9. The first kappa shape index (κ1) is 79.9. The molecule has 0 bridgehead atoms. The summed E-state index contributed by atoms with van der Waals surface area (Å²) in [4.78, 5) is 19.7. The molecule has 0 saturated carbocycles. The quantitative estimate of drug-likeness (QED) is 0.0305. The van der Waals surface area contributed by atoms with Gasteiger partial charge in [0.25, 0.3) is 0 Å². The number of fused-ring (bicyclic) bond motifs is 10. The molecule has 12 aromatic rings. The minimum absolute atomic E-state index is 0.237. The van der Waals surface area contributed by atoms with Crippen LogP contribution in [-0.4, -0.2) is 26.4 Å². The molecule has 0 fully saturated rings. The van der Waals surface area contributed by atoms with Crippen LogP contribution in [0.25, 0.3) is 60.8 Å². The third-order valence-corrected chi connectivity index (χ3v) is 29.7. The third kappa shape index (κ3) is 17.4. The van der Waals surface area contributed by atoms with Gasteiger partial charge in [-0.3, -0.25) is 0 Å². The summed E-state index contributed by atoms with van der Waals surface area (Å²) in [6.45, 7) is 14.7. The first-order valence-corrected chi connectivity index (χ1v) is 46.7. The number of unbranched alkanes of at least 4 members (excludes halogenated alkanes) is 20. The average molecular weight is 1560 g/mol. The van der Waals surface area contributed by atoms with Gasteiger partial charge >= 0.3 is 5.97 Å². The monoisotopic (exact) mass is 1560 g/mol.